The Hall–Kier alpha value is -1.98. The lowest BCUT2D eigenvalue weighted by molar-refractivity contribution is -0.0417. The van der Waals surface area contributed by atoms with Crippen LogP contribution in [0.1, 0.15) is 30.0 Å². The minimum absolute atomic E-state index is 0.0739. The fourth-order valence-corrected chi connectivity index (χ4v) is 3.07. The monoisotopic (exact) mass is 313 g/mol. The predicted octanol–water partition coefficient (Wildman–Crippen LogP) is 2.08. The minimum atomic E-state index is -0.0894. The molecule has 5 heteroatoms. The summed E-state index contributed by atoms with van der Waals surface area (Å²) in [6.45, 7) is 6.33. The maximum Gasteiger partial charge on any atom is 0.251 e. The van der Waals surface area contributed by atoms with Crippen LogP contribution in [0.4, 0.5) is 0 Å². The average Bonchev–Trinajstić information content (AvgIpc) is 2.54. The van der Waals surface area contributed by atoms with Crippen LogP contribution < -0.4 is 5.56 Å². The molecule has 23 heavy (non-hydrogen) atoms. The molecule has 5 nitrogen and oxygen atoms in total. The molecule has 2 aromatic rings. The van der Waals surface area contributed by atoms with E-state index in [4.69, 9.17) is 4.74 Å². The summed E-state index contributed by atoms with van der Waals surface area (Å²) in [6.07, 6.45) is 1.08. The van der Waals surface area contributed by atoms with E-state index in [0.29, 0.717) is 6.61 Å². The summed E-state index contributed by atoms with van der Waals surface area (Å²) in [5.74, 6) is 0.732. The summed E-state index contributed by atoms with van der Waals surface area (Å²) in [6, 6.07) is 12.0. The number of hydrogen-bond acceptors (Lipinski definition) is 4. The molecule has 1 aromatic heterocycles. The first kappa shape index (κ1) is 15.9. The van der Waals surface area contributed by atoms with Crippen molar-refractivity contribution in [2.75, 3.05) is 19.7 Å². The highest BCUT2D eigenvalue weighted by Gasteiger charge is 2.26. The topological polar surface area (TPSA) is 58.2 Å². The van der Waals surface area contributed by atoms with Gasteiger partial charge >= 0.3 is 0 Å². The normalized spacial score (nSPS) is 20.3. The number of benzene rings is 1. The lowest BCUT2D eigenvalue weighted by Gasteiger charge is -2.36. The largest absolute Gasteiger partial charge is 0.375 e. The molecule has 0 bridgehead atoms. The number of rotatable bonds is 4. The highest BCUT2D eigenvalue weighted by Crippen LogP contribution is 2.21. The molecule has 3 rings (SSSR count). The SMILES string of the molecule is Cc1cc(=O)[nH]c([C@H](C)N2CCO[C@H](Cc3ccccc3)C2)n1. The van der Waals surface area contributed by atoms with Gasteiger partial charge in [-0.05, 0) is 25.8 Å². The Morgan fingerprint density at radius 1 is 1.39 bits per heavy atom. The van der Waals surface area contributed by atoms with Crippen molar-refractivity contribution in [1.29, 1.82) is 0 Å². The first-order valence-electron chi connectivity index (χ1n) is 8.09. The molecule has 0 saturated carbocycles. The number of aromatic nitrogens is 2. The second-order valence-corrected chi connectivity index (χ2v) is 6.13. The van der Waals surface area contributed by atoms with Crippen LogP contribution in [-0.2, 0) is 11.2 Å². The smallest absolute Gasteiger partial charge is 0.251 e. The molecular formula is C18H23N3O2. The fourth-order valence-electron chi connectivity index (χ4n) is 3.07. The summed E-state index contributed by atoms with van der Waals surface area (Å²) >= 11 is 0. The highest BCUT2D eigenvalue weighted by atomic mass is 16.5. The summed E-state index contributed by atoms with van der Waals surface area (Å²) in [7, 11) is 0. The van der Waals surface area contributed by atoms with E-state index >= 15 is 0 Å². The van der Waals surface area contributed by atoms with Gasteiger partial charge in [-0.2, -0.15) is 0 Å². The van der Waals surface area contributed by atoms with Crippen LogP contribution >= 0.6 is 0 Å². The molecule has 1 aliphatic heterocycles. The standard InChI is InChI=1S/C18H23N3O2/c1-13-10-17(22)20-18(19-13)14(2)21-8-9-23-16(12-21)11-15-6-4-3-5-7-15/h3-7,10,14,16H,8-9,11-12H2,1-2H3,(H,19,20,22)/t14-,16+/m0/s1. The van der Waals surface area contributed by atoms with Crippen LogP contribution in [0, 0.1) is 6.92 Å². The third-order valence-corrected chi connectivity index (χ3v) is 4.31. The van der Waals surface area contributed by atoms with Gasteiger partial charge in [0.15, 0.2) is 0 Å². The van der Waals surface area contributed by atoms with Gasteiger partial charge in [0.2, 0.25) is 0 Å². The van der Waals surface area contributed by atoms with Crippen LogP contribution in [-0.4, -0.2) is 40.7 Å². The molecule has 1 aromatic carbocycles. The van der Waals surface area contributed by atoms with E-state index in [1.807, 2.05) is 13.0 Å². The molecule has 0 amide bonds. The van der Waals surface area contributed by atoms with Crippen LogP contribution in [0.5, 0.6) is 0 Å². The molecule has 2 heterocycles. The molecule has 1 aliphatic rings. The Morgan fingerprint density at radius 2 is 2.17 bits per heavy atom. The minimum Gasteiger partial charge on any atom is -0.375 e. The number of nitrogens with zero attached hydrogens (tertiary/aromatic N) is 2. The summed E-state index contributed by atoms with van der Waals surface area (Å²) < 4.78 is 5.91. The zero-order valence-corrected chi connectivity index (χ0v) is 13.7. The Balaban J connectivity index is 1.69. The lowest BCUT2D eigenvalue weighted by Crippen LogP contribution is -2.45. The maximum atomic E-state index is 11.7. The zero-order valence-electron chi connectivity index (χ0n) is 13.7. The third kappa shape index (κ3) is 4.06. The molecule has 1 fully saturated rings. The van der Waals surface area contributed by atoms with Crippen molar-refractivity contribution >= 4 is 0 Å². The van der Waals surface area contributed by atoms with Gasteiger partial charge in [-0.15, -0.1) is 0 Å². The Bertz CT molecular complexity index is 699. The number of morpholine rings is 1. The first-order chi connectivity index (χ1) is 11.1. The predicted molar refractivity (Wildman–Crippen MR) is 89.5 cm³/mol. The van der Waals surface area contributed by atoms with E-state index < -0.39 is 0 Å². The van der Waals surface area contributed by atoms with Crippen molar-refractivity contribution in [3.8, 4) is 0 Å². The van der Waals surface area contributed by atoms with Crippen molar-refractivity contribution in [2.24, 2.45) is 0 Å². The molecule has 0 unspecified atom stereocenters. The number of hydrogen-bond donors (Lipinski definition) is 1. The van der Waals surface area contributed by atoms with Crippen LogP contribution in [0.15, 0.2) is 41.2 Å². The third-order valence-electron chi connectivity index (χ3n) is 4.31. The number of aromatic amines is 1. The van der Waals surface area contributed by atoms with Crippen molar-refractivity contribution in [3.63, 3.8) is 0 Å². The number of H-pyrrole nitrogens is 1. The maximum absolute atomic E-state index is 11.7. The van der Waals surface area contributed by atoms with Gasteiger partial charge < -0.3 is 9.72 Å². The van der Waals surface area contributed by atoms with Gasteiger partial charge in [-0.3, -0.25) is 9.69 Å². The summed E-state index contributed by atoms with van der Waals surface area (Å²) in [4.78, 5) is 21.3. The Morgan fingerprint density at radius 3 is 2.91 bits per heavy atom. The Kier molecular flexibility index (Phi) is 4.88. The van der Waals surface area contributed by atoms with Gasteiger partial charge in [0.05, 0.1) is 18.8 Å². The quantitative estimate of drug-likeness (QED) is 0.939. The zero-order chi connectivity index (χ0) is 16.2. The van der Waals surface area contributed by atoms with Gasteiger partial charge in [0, 0.05) is 24.8 Å². The van der Waals surface area contributed by atoms with Crippen LogP contribution in [0.25, 0.3) is 0 Å². The van der Waals surface area contributed by atoms with Gasteiger partial charge in [0.25, 0.3) is 5.56 Å². The molecule has 0 radical (unpaired) electrons. The molecule has 0 spiro atoms. The molecule has 122 valence electrons. The van der Waals surface area contributed by atoms with Crippen molar-refractivity contribution in [2.45, 2.75) is 32.4 Å². The molecule has 1 saturated heterocycles. The van der Waals surface area contributed by atoms with Crippen LogP contribution in [0.2, 0.25) is 0 Å². The Labute approximate surface area is 136 Å². The van der Waals surface area contributed by atoms with Crippen molar-refractivity contribution < 1.29 is 4.74 Å². The number of aryl methyl sites for hydroxylation is 1. The van der Waals surface area contributed by atoms with Gasteiger partial charge in [-0.25, -0.2) is 4.98 Å². The second-order valence-electron chi connectivity index (χ2n) is 6.13. The summed E-state index contributed by atoms with van der Waals surface area (Å²) in [5.41, 5.74) is 1.95. The van der Waals surface area contributed by atoms with E-state index in [1.165, 1.54) is 11.6 Å². The molecule has 1 N–H and O–H groups in total. The molecule has 0 aliphatic carbocycles. The van der Waals surface area contributed by atoms with Crippen molar-refractivity contribution in [1.82, 2.24) is 14.9 Å². The molecular weight excluding hydrogens is 290 g/mol. The highest BCUT2D eigenvalue weighted by molar-refractivity contribution is 5.16. The molecule has 2 atom stereocenters. The van der Waals surface area contributed by atoms with E-state index in [-0.39, 0.29) is 17.7 Å². The van der Waals surface area contributed by atoms with Crippen LogP contribution in [0.3, 0.4) is 0 Å². The average molecular weight is 313 g/mol. The first-order valence-corrected chi connectivity index (χ1v) is 8.09. The number of nitrogens with one attached hydrogen (secondary N) is 1. The number of ether oxygens (including phenoxy) is 1. The summed E-state index contributed by atoms with van der Waals surface area (Å²) in [5, 5.41) is 0. The van der Waals surface area contributed by atoms with E-state index in [0.717, 1.165) is 31.0 Å². The fraction of sp³-hybridized carbons (Fsp3) is 0.444. The van der Waals surface area contributed by atoms with Gasteiger partial charge in [-0.1, -0.05) is 30.3 Å². The lowest BCUT2D eigenvalue weighted by atomic mass is 10.1. The van der Waals surface area contributed by atoms with E-state index in [9.17, 15) is 4.79 Å². The van der Waals surface area contributed by atoms with E-state index in [2.05, 4.69) is 46.1 Å². The van der Waals surface area contributed by atoms with Crippen molar-refractivity contribution in [3.05, 3.63) is 63.8 Å². The second kappa shape index (κ2) is 7.06. The van der Waals surface area contributed by atoms with E-state index in [1.54, 1.807) is 0 Å². The van der Waals surface area contributed by atoms with Gasteiger partial charge in [0.1, 0.15) is 5.82 Å².